The van der Waals surface area contributed by atoms with Gasteiger partial charge in [0.05, 0.1) is 13.1 Å². The first-order chi connectivity index (χ1) is 11.0. The minimum atomic E-state index is -0.170. The maximum Gasteiger partial charge on any atom is 0.239 e. The highest BCUT2D eigenvalue weighted by Crippen LogP contribution is 2.17. The van der Waals surface area contributed by atoms with E-state index in [1.165, 1.54) is 19.3 Å². The molecule has 2 N–H and O–H groups in total. The number of anilines is 1. The van der Waals surface area contributed by atoms with Gasteiger partial charge in [0.1, 0.15) is 5.82 Å². The molecule has 0 bridgehead atoms. The Morgan fingerprint density at radius 2 is 1.87 bits per heavy atom. The summed E-state index contributed by atoms with van der Waals surface area (Å²) in [6, 6.07) is 5.77. The number of aryl methyl sites for hydroxylation is 1. The summed E-state index contributed by atoms with van der Waals surface area (Å²) in [4.78, 5) is 29.9. The van der Waals surface area contributed by atoms with Gasteiger partial charge >= 0.3 is 0 Å². The van der Waals surface area contributed by atoms with Crippen LogP contribution in [0, 0.1) is 6.92 Å². The molecule has 2 amide bonds. The summed E-state index contributed by atoms with van der Waals surface area (Å²) < 4.78 is 0. The van der Waals surface area contributed by atoms with Gasteiger partial charge in [0.15, 0.2) is 0 Å². The van der Waals surface area contributed by atoms with Gasteiger partial charge in [-0.25, -0.2) is 4.98 Å². The van der Waals surface area contributed by atoms with E-state index >= 15 is 0 Å². The smallest absolute Gasteiger partial charge is 0.239 e. The van der Waals surface area contributed by atoms with Crippen molar-refractivity contribution in [1.29, 1.82) is 0 Å². The predicted octanol–water partition coefficient (Wildman–Crippen LogP) is 1.71. The lowest BCUT2D eigenvalue weighted by atomic mass is 9.95. The third-order valence-electron chi connectivity index (χ3n) is 3.95. The van der Waals surface area contributed by atoms with E-state index < -0.39 is 0 Å². The van der Waals surface area contributed by atoms with Crippen LogP contribution in [0.1, 0.15) is 37.8 Å². The summed E-state index contributed by atoms with van der Waals surface area (Å²) in [6.45, 7) is 2.26. The van der Waals surface area contributed by atoms with Crippen LogP contribution in [0.3, 0.4) is 0 Å². The van der Waals surface area contributed by atoms with Crippen molar-refractivity contribution in [3.63, 3.8) is 0 Å². The molecular weight excluding hydrogens is 292 g/mol. The maximum atomic E-state index is 12.0. The van der Waals surface area contributed by atoms with Gasteiger partial charge in [-0.05, 0) is 38.9 Å². The van der Waals surface area contributed by atoms with Crippen molar-refractivity contribution in [3.05, 3.63) is 23.9 Å². The molecule has 23 heavy (non-hydrogen) atoms. The molecule has 1 fully saturated rings. The Morgan fingerprint density at radius 1 is 1.17 bits per heavy atom. The third kappa shape index (κ3) is 6.36. The van der Waals surface area contributed by atoms with Crippen LogP contribution in [-0.2, 0) is 9.59 Å². The van der Waals surface area contributed by atoms with Crippen LogP contribution in [0.4, 0.5) is 5.82 Å². The third-order valence-corrected chi connectivity index (χ3v) is 3.95. The molecule has 2 rings (SSSR count). The molecule has 6 heteroatoms. The van der Waals surface area contributed by atoms with Crippen LogP contribution in [0.5, 0.6) is 0 Å². The van der Waals surface area contributed by atoms with Gasteiger partial charge in [-0.15, -0.1) is 0 Å². The summed E-state index contributed by atoms with van der Waals surface area (Å²) >= 11 is 0. The Bertz CT molecular complexity index is 541. The zero-order valence-electron chi connectivity index (χ0n) is 14.0. The van der Waals surface area contributed by atoms with Crippen LogP contribution in [0.2, 0.25) is 0 Å². The Balaban J connectivity index is 1.71. The number of hydrogen-bond donors (Lipinski definition) is 2. The van der Waals surface area contributed by atoms with Crippen LogP contribution < -0.4 is 10.6 Å². The number of hydrogen-bond acceptors (Lipinski definition) is 4. The van der Waals surface area contributed by atoms with Crippen molar-refractivity contribution in [2.45, 2.75) is 45.1 Å². The molecule has 0 saturated heterocycles. The second-order valence-corrected chi connectivity index (χ2v) is 6.29. The molecule has 126 valence electrons. The highest BCUT2D eigenvalue weighted by Gasteiger charge is 2.17. The van der Waals surface area contributed by atoms with Crippen molar-refractivity contribution < 1.29 is 9.59 Å². The van der Waals surface area contributed by atoms with Crippen molar-refractivity contribution in [2.75, 3.05) is 25.5 Å². The predicted molar refractivity (Wildman–Crippen MR) is 90.1 cm³/mol. The van der Waals surface area contributed by atoms with Crippen LogP contribution >= 0.6 is 0 Å². The zero-order chi connectivity index (χ0) is 16.7. The van der Waals surface area contributed by atoms with E-state index in [-0.39, 0.29) is 24.9 Å². The Morgan fingerprint density at radius 3 is 2.57 bits per heavy atom. The number of aromatic nitrogens is 1. The first-order valence-electron chi connectivity index (χ1n) is 8.24. The molecule has 6 nitrogen and oxygen atoms in total. The summed E-state index contributed by atoms with van der Waals surface area (Å²) in [6.07, 6.45) is 5.77. The number of amides is 2. The largest absolute Gasteiger partial charge is 0.352 e. The average molecular weight is 318 g/mol. The summed E-state index contributed by atoms with van der Waals surface area (Å²) in [5.41, 5.74) is 0.850. The monoisotopic (exact) mass is 318 g/mol. The van der Waals surface area contributed by atoms with Gasteiger partial charge in [0, 0.05) is 11.7 Å². The molecule has 0 spiro atoms. The topological polar surface area (TPSA) is 74.3 Å². The van der Waals surface area contributed by atoms with Crippen LogP contribution in [-0.4, -0.2) is 47.9 Å². The van der Waals surface area contributed by atoms with E-state index in [1.807, 2.05) is 19.1 Å². The molecular formula is C17H26N4O2. The molecule has 1 heterocycles. The van der Waals surface area contributed by atoms with Crippen molar-refractivity contribution in [3.8, 4) is 0 Å². The normalized spacial score (nSPS) is 15.4. The van der Waals surface area contributed by atoms with Crippen LogP contribution in [0.25, 0.3) is 0 Å². The molecule has 1 aliphatic carbocycles. The molecule has 1 aromatic heterocycles. The van der Waals surface area contributed by atoms with E-state index in [0.29, 0.717) is 11.9 Å². The van der Waals surface area contributed by atoms with Crippen molar-refractivity contribution >= 4 is 17.6 Å². The summed E-state index contributed by atoms with van der Waals surface area (Å²) in [5, 5.41) is 5.80. The van der Waals surface area contributed by atoms with E-state index in [2.05, 4.69) is 15.6 Å². The lowest BCUT2D eigenvalue weighted by molar-refractivity contribution is -0.123. The molecule has 1 aliphatic rings. The van der Waals surface area contributed by atoms with Crippen LogP contribution in [0.15, 0.2) is 18.2 Å². The number of likely N-dealkylation sites (N-methyl/N-ethyl adjacent to an activating group) is 1. The number of nitrogens with zero attached hydrogens (tertiary/aromatic N) is 2. The van der Waals surface area contributed by atoms with Gasteiger partial charge in [0.25, 0.3) is 0 Å². The van der Waals surface area contributed by atoms with Gasteiger partial charge in [-0.1, -0.05) is 25.3 Å². The maximum absolute atomic E-state index is 12.0. The Kier molecular flexibility index (Phi) is 6.52. The average Bonchev–Trinajstić information content (AvgIpc) is 2.47. The van der Waals surface area contributed by atoms with E-state index in [0.717, 1.165) is 18.5 Å². The number of pyridine rings is 1. The highest BCUT2D eigenvalue weighted by molar-refractivity contribution is 5.91. The standard InChI is InChI=1S/C17H26N4O2/c1-13-7-6-10-15(18-13)20-17(23)12-21(2)11-16(22)19-14-8-4-3-5-9-14/h6-7,10,14H,3-5,8-9,11-12H2,1-2H3,(H,19,22)(H,18,20,23). The number of nitrogens with one attached hydrogen (secondary N) is 2. The van der Waals surface area contributed by atoms with Crippen molar-refractivity contribution in [1.82, 2.24) is 15.2 Å². The second kappa shape index (κ2) is 8.62. The quantitative estimate of drug-likeness (QED) is 0.837. The minimum absolute atomic E-state index is 0.0131. The fraction of sp³-hybridized carbons (Fsp3) is 0.588. The van der Waals surface area contributed by atoms with E-state index in [4.69, 9.17) is 0 Å². The van der Waals surface area contributed by atoms with Gasteiger partial charge in [-0.3, -0.25) is 14.5 Å². The molecule has 0 unspecified atom stereocenters. The van der Waals surface area contributed by atoms with Gasteiger partial charge < -0.3 is 10.6 Å². The van der Waals surface area contributed by atoms with Gasteiger partial charge in [-0.2, -0.15) is 0 Å². The lowest BCUT2D eigenvalue weighted by Crippen LogP contribution is -2.43. The van der Waals surface area contributed by atoms with Gasteiger partial charge in [0.2, 0.25) is 11.8 Å². The molecule has 0 aliphatic heterocycles. The number of carbonyl (C=O) groups excluding carboxylic acids is 2. The summed E-state index contributed by atoms with van der Waals surface area (Å²) in [7, 11) is 1.77. The molecule has 0 radical (unpaired) electrons. The first-order valence-corrected chi connectivity index (χ1v) is 8.24. The minimum Gasteiger partial charge on any atom is -0.352 e. The molecule has 1 saturated carbocycles. The Labute approximate surface area is 137 Å². The SMILES string of the molecule is Cc1cccc(NC(=O)CN(C)CC(=O)NC2CCCCC2)n1. The molecule has 1 aromatic rings. The van der Waals surface area contributed by atoms with E-state index in [1.54, 1.807) is 18.0 Å². The fourth-order valence-corrected chi connectivity index (χ4v) is 2.86. The lowest BCUT2D eigenvalue weighted by Gasteiger charge is -2.24. The molecule has 0 aromatic carbocycles. The second-order valence-electron chi connectivity index (χ2n) is 6.29. The fourth-order valence-electron chi connectivity index (χ4n) is 2.86. The number of carbonyl (C=O) groups is 2. The first kappa shape index (κ1) is 17.4. The molecule has 0 atom stereocenters. The zero-order valence-corrected chi connectivity index (χ0v) is 14.0. The van der Waals surface area contributed by atoms with E-state index in [9.17, 15) is 9.59 Å². The Hall–Kier alpha value is -1.95. The van der Waals surface area contributed by atoms with Crippen molar-refractivity contribution in [2.24, 2.45) is 0 Å². The highest BCUT2D eigenvalue weighted by atomic mass is 16.2. The summed E-state index contributed by atoms with van der Waals surface area (Å²) in [5.74, 6) is 0.354. The number of rotatable bonds is 6.